The second kappa shape index (κ2) is 8.37. The van der Waals surface area contributed by atoms with Crippen LogP contribution in [-0.2, 0) is 16.1 Å². The van der Waals surface area contributed by atoms with Gasteiger partial charge in [0.25, 0.3) is 5.91 Å². The lowest BCUT2D eigenvalue weighted by Gasteiger charge is -2.34. The molecular weight excluding hydrogens is 328 g/mol. The molecule has 24 heavy (non-hydrogen) atoms. The second-order valence-electron chi connectivity index (χ2n) is 5.48. The predicted octanol–water partition coefficient (Wildman–Crippen LogP) is 1.53. The van der Waals surface area contributed by atoms with Gasteiger partial charge in [0.15, 0.2) is 0 Å². The standard InChI is InChI=1S/C17H19ClN4O2/c1-13(23)21-6-8-22(9-7-21)17(24)15(10-19)12-20-11-14-2-4-16(18)5-3-14/h2-5,12,20H,6-9,11H2,1H3/b15-12-. The minimum Gasteiger partial charge on any atom is -0.386 e. The summed E-state index contributed by atoms with van der Waals surface area (Å²) < 4.78 is 0. The zero-order chi connectivity index (χ0) is 17.5. The summed E-state index contributed by atoms with van der Waals surface area (Å²) in [6.45, 7) is 3.88. The molecular formula is C17H19ClN4O2. The fourth-order valence-electron chi connectivity index (χ4n) is 2.41. The van der Waals surface area contributed by atoms with Crippen molar-refractivity contribution in [2.45, 2.75) is 13.5 Å². The van der Waals surface area contributed by atoms with E-state index >= 15 is 0 Å². The fourth-order valence-corrected chi connectivity index (χ4v) is 2.54. The highest BCUT2D eigenvalue weighted by atomic mass is 35.5. The molecule has 1 aromatic carbocycles. The van der Waals surface area contributed by atoms with Crippen molar-refractivity contribution in [3.8, 4) is 6.07 Å². The Bertz CT molecular complexity index is 671. The number of nitrogens with zero attached hydrogens (tertiary/aromatic N) is 3. The van der Waals surface area contributed by atoms with Gasteiger partial charge in [-0.25, -0.2) is 0 Å². The first-order valence-corrected chi connectivity index (χ1v) is 8.02. The van der Waals surface area contributed by atoms with E-state index in [1.54, 1.807) is 21.9 Å². The van der Waals surface area contributed by atoms with E-state index in [9.17, 15) is 14.9 Å². The lowest BCUT2D eigenvalue weighted by atomic mass is 10.2. The lowest BCUT2D eigenvalue weighted by molar-refractivity contribution is -0.136. The molecule has 1 N–H and O–H groups in total. The Balaban J connectivity index is 1.90. The molecule has 1 aromatic rings. The van der Waals surface area contributed by atoms with E-state index in [4.69, 9.17) is 11.6 Å². The molecule has 126 valence electrons. The fraction of sp³-hybridized carbons (Fsp3) is 0.353. The number of rotatable bonds is 4. The monoisotopic (exact) mass is 346 g/mol. The summed E-state index contributed by atoms with van der Waals surface area (Å²) in [5.74, 6) is -0.313. The number of hydrogen-bond acceptors (Lipinski definition) is 4. The maximum absolute atomic E-state index is 12.4. The number of benzene rings is 1. The van der Waals surface area contributed by atoms with E-state index in [0.717, 1.165) is 5.56 Å². The molecule has 1 heterocycles. The molecule has 1 fully saturated rings. The maximum Gasteiger partial charge on any atom is 0.266 e. The van der Waals surface area contributed by atoms with Gasteiger partial charge in [-0.05, 0) is 17.7 Å². The predicted molar refractivity (Wildman–Crippen MR) is 90.8 cm³/mol. The van der Waals surface area contributed by atoms with E-state index < -0.39 is 0 Å². The minimum atomic E-state index is -0.315. The van der Waals surface area contributed by atoms with Crippen molar-refractivity contribution in [1.29, 1.82) is 5.26 Å². The van der Waals surface area contributed by atoms with Crippen LogP contribution in [0.4, 0.5) is 0 Å². The number of carbonyl (C=O) groups is 2. The number of piperazine rings is 1. The molecule has 6 nitrogen and oxygen atoms in total. The van der Waals surface area contributed by atoms with Gasteiger partial charge in [0.1, 0.15) is 11.6 Å². The number of carbonyl (C=O) groups excluding carboxylic acids is 2. The molecule has 0 saturated carbocycles. The third-order valence-corrected chi connectivity index (χ3v) is 4.08. The van der Waals surface area contributed by atoms with Crippen molar-refractivity contribution in [2.24, 2.45) is 0 Å². The normalized spacial score (nSPS) is 15.0. The smallest absolute Gasteiger partial charge is 0.266 e. The van der Waals surface area contributed by atoms with Crippen molar-refractivity contribution < 1.29 is 9.59 Å². The molecule has 1 aliphatic heterocycles. The summed E-state index contributed by atoms with van der Waals surface area (Å²) in [5.41, 5.74) is 1.05. The van der Waals surface area contributed by atoms with Gasteiger partial charge in [-0.1, -0.05) is 23.7 Å². The van der Waals surface area contributed by atoms with Gasteiger partial charge in [-0.15, -0.1) is 0 Å². The van der Waals surface area contributed by atoms with Crippen molar-refractivity contribution >= 4 is 23.4 Å². The summed E-state index contributed by atoms with van der Waals surface area (Å²) in [6, 6.07) is 9.25. The van der Waals surface area contributed by atoms with Crippen molar-refractivity contribution in [3.63, 3.8) is 0 Å². The topological polar surface area (TPSA) is 76.4 Å². The first-order valence-electron chi connectivity index (χ1n) is 7.64. The van der Waals surface area contributed by atoms with E-state index in [0.29, 0.717) is 37.7 Å². The Kier molecular flexibility index (Phi) is 6.21. The quantitative estimate of drug-likeness (QED) is 0.662. The third-order valence-electron chi connectivity index (χ3n) is 3.83. The van der Waals surface area contributed by atoms with E-state index in [1.807, 2.05) is 18.2 Å². The molecule has 7 heteroatoms. The van der Waals surface area contributed by atoms with Crippen molar-refractivity contribution in [3.05, 3.63) is 46.6 Å². The van der Waals surface area contributed by atoms with Gasteiger partial charge in [0.05, 0.1) is 0 Å². The lowest BCUT2D eigenvalue weighted by Crippen LogP contribution is -2.50. The average molecular weight is 347 g/mol. The molecule has 1 saturated heterocycles. The number of nitriles is 1. The molecule has 0 aliphatic carbocycles. The first kappa shape index (κ1) is 17.8. The van der Waals surface area contributed by atoms with Gasteiger partial charge in [0, 0.05) is 50.9 Å². The van der Waals surface area contributed by atoms with Crippen LogP contribution >= 0.6 is 11.6 Å². The maximum atomic E-state index is 12.4. The Morgan fingerprint density at radius 1 is 1.21 bits per heavy atom. The Hall–Kier alpha value is -2.52. The number of hydrogen-bond donors (Lipinski definition) is 1. The van der Waals surface area contributed by atoms with Crippen LogP contribution in [0, 0.1) is 11.3 Å². The molecule has 0 spiro atoms. The molecule has 0 atom stereocenters. The van der Waals surface area contributed by atoms with E-state index in [2.05, 4.69) is 5.32 Å². The summed E-state index contributed by atoms with van der Waals surface area (Å²) in [5, 5.41) is 12.9. The highest BCUT2D eigenvalue weighted by molar-refractivity contribution is 6.30. The minimum absolute atomic E-state index is 0.00257. The SMILES string of the molecule is CC(=O)N1CCN(C(=O)/C(C#N)=C\NCc2ccc(Cl)cc2)CC1. The van der Waals surface area contributed by atoms with Crippen LogP contribution in [0.3, 0.4) is 0 Å². The van der Waals surface area contributed by atoms with Crippen LogP contribution < -0.4 is 5.32 Å². The van der Waals surface area contributed by atoms with Gasteiger partial charge in [0.2, 0.25) is 5.91 Å². The van der Waals surface area contributed by atoms with Crippen LogP contribution in [0.1, 0.15) is 12.5 Å². The molecule has 0 radical (unpaired) electrons. The third kappa shape index (κ3) is 4.74. The largest absolute Gasteiger partial charge is 0.386 e. The summed E-state index contributed by atoms with van der Waals surface area (Å²) in [7, 11) is 0. The van der Waals surface area contributed by atoms with Crippen molar-refractivity contribution in [2.75, 3.05) is 26.2 Å². The van der Waals surface area contributed by atoms with Crippen LogP contribution in [0.2, 0.25) is 5.02 Å². The number of amides is 2. The summed E-state index contributed by atoms with van der Waals surface area (Å²) in [4.78, 5) is 27.0. The van der Waals surface area contributed by atoms with Gasteiger partial charge in [-0.2, -0.15) is 5.26 Å². The highest BCUT2D eigenvalue weighted by Gasteiger charge is 2.24. The van der Waals surface area contributed by atoms with Gasteiger partial charge < -0.3 is 15.1 Å². The van der Waals surface area contributed by atoms with Crippen molar-refractivity contribution in [1.82, 2.24) is 15.1 Å². The van der Waals surface area contributed by atoms with Crippen LogP contribution in [-0.4, -0.2) is 47.8 Å². The molecule has 0 bridgehead atoms. The van der Waals surface area contributed by atoms with Gasteiger partial charge in [-0.3, -0.25) is 9.59 Å². The van der Waals surface area contributed by atoms with Crippen LogP contribution in [0.15, 0.2) is 36.0 Å². The zero-order valence-electron chi connectivity index (χ0n) is 13.5. The van der Waals surface area contributed by atoms with Gasteiger partial charge >= 0.3 is 0 Å². The van der Waals surface area contributed by atoms with E-state index in [-0.39, 0.29) is 17.4 Å². The molecule has 0 aromatic heterocycles. The molecule has 2 amide bonds. The van der Waals surface area contributed by atoms with Crippen LogP contribution in [0.5, 0.6) is 0 Å². The zero-order valence-corrected chi connectivity index (χ0v) is 14.2. The Morgan fingerprint density at radius 3 is 2.33 bits per heavy atom. The Labute approximate surface area is 146 Å². The molecule has 0 unspecified atom stereocenters. The highest BCUT2D eigenvalue weighted by Crippen LogP contribution is 2.10. The first-order chi connectivity index (χ1) is 11.5. The second-order valence-corrected chi connectivity index (χ2v) is 5.91. The summed E-state index contributed by atoms with van der Waals surface area (Å²) >= 11 is 5.83. The van der Waals surface area contributed by atoms with Crippen LogP contribution in [0.25, 0.3) is 0 Å². The number of nitrogens with one attached hydrogen (secondary N) is 1. The molecule has 2 rings (SSSR count). The number of halogens is 1. The van der Waals surface area contributed by atoms with E-state index in [1.165, 1.54) is 13.1 Å². The average Bonchev–Trinajstić information content (AvgIpc) is 2.60. The summed E-state index contributed by atoms with van der Waals surface area (Å²) in [6.07, 6.45) is 1.44. The Morgan fingerprint density at radius 2 is 1.79 bits per heavy atom. The molecule has 1 aliphatic rings.